The lowest BCUT2D eigenvalue weighted by molar-refractivity contribution is -0.142. The van der Waals surface area contributed by atoms with Gasteiger partial charge in [-0.1, -0.05) is 6.42 Å². The second-order valence-electron chi connectivity index (χ2n) is 7.10. The Hall–Kier alpha value is -2.57. The molecule has 0 saturated heterocycles. The van der Waals surface area contributed by atoms with Crippen molar-refractivity contribution in [1.29, 1.82) is 0 Å². The molecule has 28 heavy (non-hydrogen) atoms. The van der Waals surface area contributed by atoms with Crippen LogP contribution in [0, 0.1) is 6.92 Å². The molecular formula is C21H29N3O4. The van der Waals surface area contributed by atoms with Crippen molar-refractivity contribution in [2.24, 2.45) is 0 Å². The Labute approximate surface area is 165 Å². The number of anilines is 1. The van der Waals surface area contributed by atoms with Gasteiger partial charge in [0, 0.05) is 23.3 Å². The molecule has 0 radical (unpaired) electrons. The monoisotopic (exact) mass is 387 g/mol. The van der Waals surface area contributed by atoms with Gasteiger partial charge in [-0.05, 0) is 57.7 Å². The lowest BCUT2D eigenvalue weighted by Crippen LogP contribution is -2.36. The Bertz CT molecular complexity index is 839. The third-order valence-corrected chi connectivity index (χ3v) is 5.04. The van der Waals surface area contributed by atoms with Gasteiger partial charge >= 0.3 is 11.9 Å². The molecule has 1 aliphatic rings. The van der Waals surface area contributed by atoms with Crippen LogP contribution in [0.2, 0.25) is 0 Å². The van der Waals surface area contributed by atoms with Crippen molar-refractivity contribution in [2.45, 2.75) is 53.0 Å². The molecule has 7 heteroatoms. The first-order chi connectivity index (χ1) is 13.5. The third kappa shape index (κ3) is 4.46. The maximum absolute atomic E-state index is 12.1. The summed E-state index contributed by atoms with van der Waals surface area (Å²) >= 11 is 0. The zero-order chi connectivity index (χ0) is 20.1. The second kappa shape index (κ2) is 9.08. The molecule has 0 bridgehead atoms. The van der Waals surface area contributed by atoms with Crippen molar-refractivity contribution in [3.8, 4) is 0 Å². The summed E-state index contributed by atoms with van der Waals surface area (Å²) in [6.07, 6.45) is 4.59. The molecule has 0 atom stereocenters. The number of nitrogens with zero attached hydrogens (tertiary/aromatic N) is 3. The molecule has 152 valence electrons. The van der Waals surface area contributed by atoms with Gasteiger partial charge in [-0.25, -0.2) is 0 Å². The zero-order valence-corrected chi connectivity index (χ0v) is 17.0. The Morgan fingerprint density at radius 3 is 2.39 bits per heavy atom. The maximum Gasteiger partial charge on any atom is 0.325 e. The number of aryl methyl sites for hydroxylation is 3. The van der Waals surface area contributed by atoms with Crippen LogP contribution in [0.3, 0.4) is 0 Å². The fourth-order valence-electron chi connectivity index (χ4n) is 3.80. The van der Waals surface area contributed by atoms with Crippen molar-refractivity contribution in [3.63, 3.8) is 0 Å². The standard InChI is InChI=1S/C21H29N3O4/c1-4-27-20(25)13-23(14-21(26)28-5-2)19-12-17-16(11-15(19)3)18-9-7-6-8-10-24(18)22-17/h11-12H,4-10,13-14H2,1-3H3. The highest BCUT2D eigenvalue weighted by molar-refractivity contribution is 5.89. The number of carbonyl (C=O) groups is 2. The highest BCUT2D eigenvalue weighted by Gasteiger charge is 2.21. The van der Waals surface area contributed by atoms with E-state index in [0.29, 0.717) is 13.2 Å². The zero-order valence-electron chi connectivity index (χ0n) is 17.0. The fourth-order valence-corrected chi connectivity index (χ4v) is 3.80. The Kier molecular flexibility index (Phi) is 6.54. The van der Waals surface area contributed by atoms with Gasteiger partial charge in [-0.3, -0.25) is 14.3 Å². The molecule has 0 fully saturated rings. The number of hydrogen-bond acceptors (Lipinski definition) is 6. The lowest BCUT2D eigenvalue weighted by Gasteiger charge is -2.24. The Morgan fingerprint density at radius 2 is 1.75 bits per heavy atom. The van der Waals surface area contributed by atoms with E-state index in [9.17, 15) is 9.59 Å². The van der Waals surface area contributed by atoms with Crippen LogP contribution in [0.25, 0.3) is 10.9 Å². The van der Waals surface area contributed by atoms with Gasteiger partial charge in [0.15, 0.2) is 0 Å². The molecular weight excluding hydrogens is 358 g/mol. The van der Waals surface area contributed by atoms with E-state index in [0.717, 1.165) is 41.5 Å². The average Bonchev–Trinajstić information content (AvgIpc) is 2.82. The molecule has 2 heterocycles. The summed E-state index contributed by atoms with van der Waals surface area (Å²) in [5, 5.41) is 5.95. The normalized spacial score (nSPS) is 13.7. The van der Waals surface area contributed by atoms with Crippen LogP contribution in [-0.2, 0) is 32.0 Å². The lowest BCUT2D eigenvalue weighted by atomic mass is 10.1. The first kappa shape index (κ1) is 20.2. The van der Waals surface area contributed by atoms with E-state index in [4.69, 9.17) is 14.6 Å². The third-order valence-electron chi connectivity index (χ3n) is 5.04. The topological polar surface area (TPSA) is 73.7 Å². The molecule has 0 spiro atoms. The van der Waals surface area contributed by atoms with E-state index < -0.39 is 0 Å². The minimum atomic E-state index is -0.369. The van der Waals surface area contributed by atoms with Crippen molar-refractivity contribution < 1.29 is 19.1 Å². The number of aromatic nitrogens is 2. The van der Waals surface area contributed by atoms with Crippen LogP contribution in [0.5, 0.6) is 0 Å². The van der Waals surface area contributed by atoms with Gasteiger partial charge in [0.05, 0.1) is 18.7 Å². The number of fused-ring (bicyclic) bond motifs is 3. The molecule has 0 unspecified atom stereocenters. The molecule has 1 aromatic carbocycles. The first-order valence-electron chi connectivity index (χ1n) is 10.1. The van der Waals surface area contributed by atoms with Crippen molar-refractivity contribution in [2.75, 3.05) is 31.2 Å². The Balaban J connectivity index is 1.96. The van der Waals surface area contributed by atoms with Crippen LogP contribution in [0.4, 0.5) is 5.69 Å². The maximum atomic E-state index is 12.1. The van der Waals surface area contributed by atoms with Crippen molar-refractivity contribution in [3.05, 3.63) is 23.4 Å². The van der Waals surface area contributed by atoms with Gasteiger partial charge in [0.1, 0.15) is 13.1 Å². The molecule has 7 nitrogen and oxygen atoms in total. The average molecular weight is 387 g/mol. The van der Waals surface area contributed by atoms with Crippen LogP contribution >= 0.6 is 0 Å². The van der Waals surface area contributed by atoms with Gasteiger partial charge in [0.2, 0.25) is 0 Å². The van der Waals surface area contributed by atoms with E-state index in [2.05, 4.69) is 10.7 Å². The van der Waals surface area contributed by atoms with Crippen LogP contribution in [-0.4, -0.2) is 48.0 Å². The van der Waals surface area contributed by atoms with Gasteiger partial charge in [-0.15, -0.1) is 0 Å². The number of benzene rings is 1. The summed E-state index contributed by atoms with van der Waals surface area (Å²) in [5.74, 6) is -0.737. The number of hydrogen-bond donors (Lipinski definition) is 0. The highest BCUT2D eigenvalue weighted by atomic mass is 16.5. The van der Waals surface area contributed by atoms with Gasteiger partial charge in [-0.2, -0.15) is 5.10 Å². The largest absolute Gasteiger partial charge is 0.465 e. The number of esters is 2. The number of carbonyl (C=O) groups excluding carboxylic acids is 2. The molecule has 2 aromatic rings. The quantitative estimate of drug-likeness (QED) is 0.680. The fraction of sp³-hybridized carbons (Fsp3) is 0.571. The summed E-state index contributed by atoms with van der Waals surface area (Å²) in [6.45, 7) is 7.06. The van der Waals surface area contributed by atoms with Crippen LogP contribution < -0.4 is 4.90 Å². The summed E-state index contributed by atoms with van der Waals surface area (Å²) < 4.78 is 12.3. The van der Waals surface area contributed by atoms with E-state index in [1.807, 2.05) is 13.0 Å². The van der Waals surface area contributed by atoms with Crippen LogP contribution in [0.15, 0.2) is 12.1 Å². The van der Waals surface area contributed by atoms with Crippen molar-refractivity contribution >= 4 is 28.5 Å². The molecule has 1 aromatic heterocycles. The number of ether oxygens (including phenoxy) is 2. The van der Waals surface area contributed by atoms with E-state index in [1.165, 1.54) is 18.5 Å². The summed E-state index contributed by atoms with van der Waals surface area (Å²) in [5.41, 5.74) is 3.99. The number of rotatable bonds is 7. The van der Waals surface area contributed by atoms with Gasteiger partial charge in [0.25, 0.3) is 0 Å². The van der Waals surface area contributed by atoms with E-state index >= 15 is 0 Å². The minimum Gasteiger partial charge on any atom is -0.465 e. The first-order valence-corrected chi connectivity index (χ1v) is 10.1. The molecule has 0 saturated carbocycles. The summed E-state index contributed by atoms with van der Waals surface area (Å²) in [4.78, 5) is 25.9. The molecule has 1 aliphatic heterocycles. The SMILES string of the molecule is CCOC(=O)CN(CC(=O)OCC)c1cc2nn3c(c2cc1C)CCCCC3. The van der Waals surface area contributed by atoms with Crippen LogP contribution in [0.1, 0.15) is 44.4 Å². The summed E-state index contributed by atoms with van der Waals surface area (Å²) in [7, 11) is 0. The smallest absolute Gasteiger partial charge is 0.325 e. The molecule has 0 N–H and O–H groups in total. The molecule has 0 amide bonds. The highest BCUT2D eigenvalue weighted by Crippen LogP contribution is 2.30. The predicted molar refractivity (Wildman–Crippen MR) is 108 cm³/mol. The Morgan fingerprint density at radius 1 is 1.07 bits per heavy atom. The van der Waals surface area contributed by atoms with E-state index in [-0.39, 0.29) is 25.0 Å². The summed E-state index contributed by atoms with van der Waals surface area (Å²) in [6, 6.07) is 4.10. The molecule has 0 aliphatic carbocycles. The van der Waals surface area contributed by atoms with Gasteiger partial charge < -0.3 is 14.4 Å². The molecule has 3 rings (SSSR count). The second-order valence-corrected chi connectivity index (χ2v) is 7.10. The minimum absolute atomic E-state index is 0.00737. The predicted octanol–water partition coefficient (Wildman–Crippen LogP) is 3.00. The van der Waals surface area contributed by atoms with Crippen molar-refractivity contribution in [1.82, 2.24) is 9.78 Å². The van der Waals surface area contributed by atoms with E-state index in [1.54, 1.807) is 18.7 Å².